The zero-order valence-electron chi connectivity index (χ0n) is 20.7. The second kappa shape index (κ2) is 13.2. The maximum atomic E-state index is 5.96. The average Bonchev–Trinajstić information content (AvgIpc) is 2.94. The normalized spacial score (nSPS) is 11.3. The lowest BCUT2D eigenvalue weighted by molar-refractivity contribution is 0.133. The van der Waals surface area contributed by atoms with Crippen LogP contribution in [0.5, 0.6) is 5.75 Å². The fourth-order valence-corrected chi connectivity index (χ4v) is 9.11. The van der Waals surface area contributed by atoms with Crippen LogP contribution in [0.25, 0.3) is 0 Å². The molecule has 180 valence electrons. The summed E-state index contributed by atoms with van der Waals surface area (Å²) in [6.45, 7) is 1.59. The van der Waals surface area contributed by atoms with E-state index in [1.165, 1.54) is 40.5 Å². The van der Waals surface area contributed by atoms with Gasteiger partial charge in [0.15, 0.2) is 0 Å². The zero-order valence-corrected chi connectivity index (χ0v) is 21.6. The van der Waals surface area contributed by atoms with E-state index in [-0.39, 0.29) is 0 Å². The highest BCUT2D eigenvalue weighted by Crippen LogP contribution is 2.55. The van der Waals surface area contributed by atoms with Gasteiger partial charge >= 0.3 is 0 Å². The number of rotatable bonds is 13. The molecular formula is C32H36O2P+. The van der Waals surface area contributed by atoms with Crippen molar-refractivity contribution in [1.29, 1.82) is 0 Å². The molecule has 0 radical (unpaired) electrons. The van der Waals surface area contributed by atoms with Crippen molar-refractivity contribution in [2.75, 3.05) is 26.5 Å². The molecule has 0 fully saturated rings. The van der Waals surface area contributed by atoms with E-state index in [0.717, 1.165) is 31.8 Å². The van der Waals surface area contributed by atoms with Crippen LogP contribution in [-0.4, -0.2) is 26.5 Å². The molecule has 4 aromatic carbocycles. The van der Waals surface area contributed by atoms with Crippen LogP contribution in [0, 0.1) is 0 Å². The standard InChI is InChI=1S/C32H36O2P/c1-33-29-22-20-28(21-23-29)24-26-34-25-12-5-13-27-35(30-14-6-2-7-15-30,31-16-8-3-9-17-31)32-18-10-4-11-19-32/h2-4,6-11,14-23H,5,12-13,24-27H2,1H3/q+1. The Morgan fingerprint density at radius 2 is 1.06 bits per heavy atom. The second-order valence-electron chi connectivity index (χ2n) is 8.81. The van der Waals surface area contributed by atoms with Crippen molar-refractivity contribution in [1.82, 2.24) is 0 Å². The zero-order chi connectivity index (χ0) is 24.2. The molecule has 0 aliphatic heterocycles. The number of methoxy groups -OCH3 is 1. The Morgan fingerprint density at radius 1 is 0.543 bits per heavy atom. The summed E-state index contributed by atoms with van der Waals surface area (Å²) in [6.07, 6.45) is 5.58. The summed E-state index contributed by atoms with van der Waals surface area (Å²) >= 11 is 0. The van der Waals surface area contributed by atoms with Crippen LogP contribution >= 0.6 is 7.26 Å². The van der Waals surface area contributed by atoms with Crippen LogP contribution in [-0.2, 0) is 11.2 Å². The van der Waals surface area contributed by atoms with Crippen molar-refractivity contribution in [2.45, 2.75) is 25.7 Å². The summed E-state index contributed by atoms with van der Waals surface area (Å²) in [7, 11) is -0.0145. The van der Waals surface area contributed by atoms with E-state index in [9.17, 15) is 0 Å². The molecule has 2 nitrogen and oxygen atoms in total. The number of hydrogen-bond donors (Lipinski definition) is 0. The molecule has 0 aliphatic carbocycles. The number of ether oxygens (including phenoxy) is 2. The largest absolute Gasteiger partial charge is 0.497 e. The van der Waals surface area contributed by atoms with Gasteiger partial charge in [0.05, 0.1) is 19.9 Å². The summed E-state index contributed by atoms with van der Waals surface area (Å²) in [5.41, 5.74) is 1.29. The Balaban J connectivity index is 1.36. The Bertz CT molecular complexity index is 1020. The predicted octanol–water partition coefficient (Wildman–Crippen LogP) is 6.42. The molecule has 0 bridgehead atoms. The first kappa shape index (κ1) is 25.2. The quantitative estimate of drug-likeness (QED) is 0.161. The van der Waals surface area contributed by atoms with Gasteiger partial charge < -0.3 is 9.47 Å². The topological polar surface area (TPSA) is 18.5 Å². The van der Waals surface area contributed by atoms with Crippen LogP contribution < -0.4 is 20.7 Å². The Kier molecular flexibility index (Phi) is 9.52. The SMILES string of the molecule is COc1ccc(CCOCCCCC[P+](c2ccccc2)(c2ccccc2)c2ccccc2)cc1. The highest BCUT2D eigenvalue weighted by Gasteiger charge is 2.44. The first-order valence-electron chi connectivity index (χ1n) is 12.6. The lowest BCUT2D eigenvalue weighted by Gasteiger charge is -2.27. The lowest BCUT2D eigenvalue weighted by Crippen LogP contribution is -2.33. The number of unbranched alkanes of at least 4 members (excludes halogenated alkanes) is 2. The van der Waals surface area contributed by atoms with Gasteiger partial charge in [0.2, 0.25) is 0 Å². The Labute approximate surface area is 211 Å². The lowest BCUT2D eigenvalue weighted by atomic mass is 10.1. The van der Waals surface area contributed by atoms with E-state index in [2.05, 4.69) is 103 Å². The van der Waals surface area contributed by atoms with Gasteiger partial charge in [-0.2, -0.15) is 0 Å². The molecule has 0 saturated carbocycles. The molecule has 4 aromatic rings. The van der Waals surface area contributed by atoms with Crippen LogP contribution in [0.4, 0.5) is 0 Å². The van der Waals surface area contributed by atoms with Crippen LogP contribution in [0.3, 0.4) is 0 Å². The second-order valence-corrected chi connectivity index (χ2v) is 12.4. The number of benzene rings is 4. The van der Waals surface area contributed by atoms with E-state index in [1.807, 2.05) is 12.1 Å². The Hall–Kier alpha value is -2.93. The minimum Gasteiger partial charge on any atom is -0.497 e. The van der Waals surface area contributed by atoms with Gasteiger partial charge in [-0.1, -0.05) is 66.7 Å². The molecule has 0 N–H and O–H groups in total. The van der Waals surface area contributed by atoms with Crippen molar-refractivity contribution in [3.05, 3.63) is 121 Å². The highest BCUT2D eigenvalue weighted by molar-refractivity contribution is 7.95. The molecule has 0 heterocycles. The van der Waals surface area contributed by atoms with Crippen molar-refractivity contribution in [3.8, 4) is 5.75 Å². The highest BCUT2D eigenvalue weighted by atomic mass is 31.2. The molecule has 4 rings (SSSR count). The molecule has 0 amide bonds. The van der Waals surface area contributed by atoms with Gasteiger partial charge in [0.25, 0.3) is 0 Å². The third-order valence-corrected chi connectivity index (χ3v) is 11.1. The molecule has 0 saturated heterocycles. The molecule has 0 aliphatic rings. The minimum atomic E-state index is -1.71. The van der Waals surface area contributed by atoms with Gasteiger partial charge in [-0.3, -0.25) is 0 Å². The van der Waals surface area contributed by atoms with E-state index in [0.29, 0.717) is 0 Å². The number of hydrogen-bond acceptors (Lipinski definition) is 2. The van der Waals surface area contributed by atoms with Gasteiger partial charge in [0.1, 0.15) is 28.9 Å². The fourth-order valence-electron chi connectivity index (χ4n) is 4.70. The van der Waals surface area contributed by atoms with Crippen LogP contribution in [0.15, 0.2) is 115 Å². The first-order chi connectivity index (χ1) is 17.3. The summed E-state index contributed by atoms with van der Waals surface area (Å²) < 4.78 is 11.2. The summed E-state index contributed by atoms with van der Waals surface area (Å²) in [5.74, 6) is 0.898. The molecule has 0 unspecified atom stereocenters. The smallest absolute Gasteiger partial charge is 0.118 e. The molecule has 3 heteroatoms. The van der Waals surface area contributed by atoms with Crippen LogP contribution in [0.1, 0.15) is 24.8 Å². The maximum absolute atomic E-state index is 5.96. The summed E-state index contributed by atoms with van der Waals surface area (Å²) in [6, 6.07) is 41.7. The molecule has 0 atom stereocenters. The van der Waals surface area contributed by atoms with E-state index in [1.54, 1.807) is 7.11 Å². The molecule has 0 aromatic heterocycles. The van der Waals surface area contributed by atoms with Gasteiger partial charge in [-0.05, 0) is 79.8 Å². The maximum Gasteiger partial charge on any atom is 0.118 e. The van der Waals surface area contributed by atoms with Gasteiger partial charge in [0, 0.05) is 6.61 Å². The predicted molar refractivity (Wildman–Crippen MR) is 151 cm³/mol. The molecule has 35 heavy (non-hydrogen) atoms. The fraction of sp³-hybridized carbons (Fsp3) is 0.250. The molecule has 0 spiro atoms. The Morgan fingerprint density at radius 3 is 1.54 bits per heavy atom. The van der Waals surface area contributed by atoms with E-state index < -0.39 is 7.26 Å². The third kappa shape index (κ3) is 6.60. The van der Waals surface area contributed by atoms with Crippen molar-refractivity contribution in [3.63, 3.8) is 0 Å². The van der Waals surface area contributed by atoms with Gasteiger partial charge in [-0.25, -0.2) is 0 Å². The molecular weight excluding hydrogens is 447 g/mol. The van der Waals surface area contributed by atoms with Crippen molar-refractivity contribution < 1.29 is 9.47 Å². The average molecular weight is 484 g/mol. The van der Waals surface area contributed by atoms with E-state index >= 15 is 0 Å². The van der Waals surface area contributed by atoms with Crippen molar-refractivity contribution in [2.24, 2.45) is 0 Å². The minimum absolute atomic E-state index is 0.765. The third-order valence-electron chi connectivity index (χ3n) is 6.57. The van der Waals surface area contributed by atoms with E-state index in [4.69, 9.17) is 9.47 Å². The summed E-state index contributed by atoms with van der Waals surface area (Å²) in [5, 5.41) is 4.40. The monoisotopic (exact) mass is 483 g/mol. The van der Waals surface area contributed by atoms with Crippen LogP contribution in [0.2, 0.25) is 0 Å². The van der Waals surface area contributed by atoms with Crippen molar-refractivity contribution >= 4 is 23.2 Å². The van der Waals surface area contributed by atoms with Gasteiger partial charge in [-0.15, -0.1) is 0 Å². The first-order valence-corrected chi connectivity index (χ1v) is 14.6. The summed E-state index contributed by atoms with van der Waals surface area (Å²) in [4.78, 5) is 0.